The predicted molar refractivity (Wildman–Crippen MR) is 123 cm³/mol. The molecule has 0 unspecified atom stereocenters. The van der Waals surface area contributed by atoms with E-state index in [9.17, 15) is 21.6 Å². The highest BCUT2D eigenvalue weighted by atomic mass is 32.2. The van der Waals surface area contributed by atoms with Gasteiger partial charge in [-0.05, 0) is 24.3 Å². The first-order valence-electron chi connectivity index (χ1n) is 10.9. The third-order valence-corrected chi connectivity index (χ3v) is 9.87. The minimum atomic E-state index is -3.56. The second kappa shape index (κ2) is 9.90. The summed E-state index contributed by atoms with van der Waals surface area (Å²) in [5.74, 6) is -0.0638. The molecule has 0 saturated carbocycles. The molecule has 0 N–H and O–H groups in total. The number of nitrogens with zero attached hydrogens (tertiary/aromatic N) is 4. The van der Waals surface area contributed by atoms with Gasteiger partial charge in [-0.2, -0.15) is 8.61 Å². The molecule has 33 heavy (non-hydrogen) atoms. The number of piperazine rings is 2. The summed E-state index contributed by atoms with van der Waals surface area (Å²) in [6.07, 6.45) is 0. The third-order valence-electron chi connectivity index (χ3n) is 6.04. The lowest BCUT2D eigenvalue weighted by molar-refractivity contribution is -0.133. The maximum Gasteiger partial charge on any atom is 0.243 e. The van der Waals surface area contributed by atoms with Crippen molar-refractivity contribution in [3.63, 3.8) is 0 Å². The zero-order valence-electron chi connectivity index (χ0n) is 18.3. The number of benzene rings is 2. The van der Waals surface area contributed by atoms with Gasteiger partial charge in [0.05, 0.1) is 16.3 Å². The van der Waals surface area contributed by atoms with Crippen molar-refractivity contribution in [2.75, 3.05) is 58.9 Å². The van der Waals surface area contributed by atoms with Gasteiger partial charge in [-0.3, -0.25) is 9.69 Å². The SMILES string of the molecule is O=C(CN1CCN(S(=O)(=O)c2ccccc2)CC1)N1CCN(S(=O)(=O)c2ccccc2)CC1. The highest BCUT2D eigenvalue weighted by Crippen LogP contribution is 2.19. The third kappa shape index (κ3) is 5.28. The summed E-state index contributed by atoms with van der Waals surface area (Å²) >= 11 is 0. The second-order valence-corrected chi connectivity index (χ2v) is 12.0. The maximum atomic E-state index is 12.8. The van der Waals surface area contributed by atoms with E-state index in [1.54, 1.807) is 65.6 Å². The highest BCUT2D eigenvalue weighted by molar-refractivity contribution is 7.89. The van der Waals surface area contributed by atoms with Crippen molar-refractivity contribution >= 4 is 26.0 Å². The molecular formula is C22H28N4O5S2. The summed E-state index contributed by atoms with van der Waals surface area (Å²) in [6.45, 7) is 2.99. The van der Waals surface area contributed by atoms with Crippen molar-refractivity contribution in [3.05, 3.63) is 60.7 Å². The molecule has 0 spiro atoms. The van der Waals surface area contributed by atoms with E-state index < -0.39 is 20.0 Å². The van der Waals surface area contributed by atoms with Gasteiger partial charge in [0.1, 0.15) is 0 Å². The van der Waals surface area contributed by atoms with Crippen LogP contribution < -0.4 is 0 Å². The summed E-state index contributed by atoms with van der Waals surface area (Å²) in [5, 5.41) is 0. The minimum absolute atomic E-state index is 0.0638. The summed E-state index contributed by atoms with van der Waals surface area (Å²) in [4.78, 5) is 16.9. The van der Waals surface area contributed by atoms with Crippen LogP contribution in [0, 0.1) is 0 Å². The Morgan fingerprint density at radius 1 is 0.606 bits per heavy atom. The van der Waals surface area contributed by atoms with Crippen molar-refractivity contribution < 1.29 is 21.6 Å². The number of hydrogen-bond acceptors (Lipinski definition) is 6. The molecule has 2 aliphatic rings. The van der Waals surface area contributed by atoms with E-state index in [2.05, 4.69) is 0 Å². The normalized spacial score (nSPS) is 19.5. The predicted octanol–water partition coefficient (Wildman–Crippen LogP) is 0.526. The number of hydrogen-bond donors (Lipinski definition) is 0. The topological polar surface area (TPSA) is 98.3 Å². The Balaban J connectivity index is 1.27. The van der Waals surface area contributed by atoms with E-state index in [0.717, 1.165) is 0 Å². The minimum Gasteiger partial charge on any atom is -0.339 e. The fourth-order valence-corrected chi connectivity index (χ4v) is 6.97. The number of carbonyl (C=O) groups is 1. The fraction of sp³-hybridized carbons (Fsp3) is 0.409. The molecule has 178 valence electrons. The van der Waals surface area contributed by atoms with Crippen LogP contribution in [-0.4, -0.2) is 100 Å². The number of amides is 1. The van der Waals surface area contributed by atoms with E-state index in [-0.39, 0.29) is 35.3 Å². The molecule has 2 fully saturated rings. The lowest BCUT2D eigenvalue weighted by Gasteiger charge is -2.37. The van der Waals surface area contributed by atoms with Gasteiger partial charge in [0.2, 0.25) is 26.0 Å². The van der Waals surface area contributed by atoms with Crippen LogP contribution >= 0.6 is 0 Å². The summed E-state index contributed by atoms with van der Waals surface area (Å²) in [6, 6.07) is 16.7. The van der Waals surface area contributed by atoms with Gasteiger partial charge in [-0.15, -0.1) is 0 Å². The number of carbonyl (C=O) groups excluding carboxylic acids is 1. The lowest BCUT2D eigenvalue weighted by atomic mass is 10.3. The highest BCUT2D eigenvalue weighted by Gasteiger charge is 2.32. The molecule has 2 saturated heterocycles. The van der Waals surface area contributed by atoms with E-state index in [1.165, 1.54) is 8.61 Å². The average Bonchev–Trinajstić information content (AvgIpc) is 2.85. The van der Waals surface area contributed by atoms with Gasteiger partial charge in [0.15, 0.2) is 0 Å². The van der Waals surface area contributed by atoms with Crippen LogP contribution in [0.25, 0.3) is 0 Å². The molecular weight excluding hydrogens is 464 g/mol. The van der Waals surface area contributed by atoms with Gasteiger partial charge < -0.3 is 4.90 Å². The molecule has 0 aliphatic carbocycles. The monoisotopic (exact) mass is 492 g/mol. The number of sulfonamides is 2. The Labute approximate surface area is 195 Å². The Morgan fingerprint density at radius 2 is 1.00 bits per heavy atom. The van der Waals surface area contributed by atoms with Crippen LogP contribution in [0.5, 0.6) is 0 Å². The van der Waals surface area contributed by atoms with Crippen LogP contribution in [0.1, 0.15) is 0 Å². The first-order valence-corrected chi connectivity index (χ1v) is 13.8. The van der Waals surface area contributed by atoms with Gasteiger partial charge in [0, 0.05) is 52.4 Å². The smallest absolute Gasteiger partial charge is 0.243 e. The Kier molecular flexibility index (Phi) is 7.15. The second-order valence-electron chi connectivity index (χ2n) is 8.09. The van der Waals surface area contributed by atoms with E-state index in [1.807, 2.05) is 4.90 Å². The van der Waals surface area contributed by atoms with E-state index >= 15 is 0 Å². The zero-order valence-corrected chi connectivity index (χ0v) is 19.9. The van der Waals surface area contributed by atoms with Crippen LogP contribution in [-0.2, 0) is 24.8 Å². The van der Waals surface area contributed by atoms with Crippen molar-refractivity contribution in [1.82, 2.24) is 18.4 Å². The molecule has 2 heterocycles. The van der Waals surface area contributed by atoms with Crippen LogP contribution in [0.3, 0.4) is 0 Å². The van der Waals surface area contributed by atoms with Crippen LogP contribution in [0.4, 0.5) is 0 Å². The molecule has 0 bridgehead atoms. The zero-order chi connectivity index (χ0) is 23.5. The molecule has 1 amide bonds. The van der Waals surface area contributed by atoms with Crippen LogP contribution in [0.2, 0.25) is 0 Å². The maximum absolute atomic E-state index is 12.8. The van der Waals surface area contributed by atoms with Gasteiger partial charge in [-0.25, -0.2) is 16.8 Å². The molecule has 2 aromatic rings. The van der Waals surface area contributed by atoms with Crippen LogP contribution in [0.15, 0.2) is 70.5 Å². The summed E-state index contributed by atoms with van der Waals surface area (Å²) in [7, 11) is -7.09. The molecule has 4 rings (SSSR count). The Bertz CT molecular complexity index is 1160. The molecule has 2 aliphatic heterocycles. The molecule has 11 heteroatoms. The first-order chi connectivity index (χ1) is 15.8. The summed E-state index contributed by atoms with van der Waals surface area (Å²) in [5.41, 5.74) is 0. The van der Waals surface area contributed by atoms with Crippen molar-refractivity contribution in [1.29, 1.82) is 0 Å². The average molecular weight is 493 g/mol. The molecule has 0 atom stereocenters. The van der Waals surface area contributed by atoms with Crippen molar-refractivity contribution in [2.45, 2.75) is 9.79 Å². The van der Waals surface area contributed by atoms with Crippen molar-refractivity contribution in [2.24, 2.45) is 0 Å². The number of rotatable bonds is 6. The first kappa shape index (κ1) is 23.8. The van der Waals surface area contributed by atoms with E-state index in [0.29, 0.717) is 39.3 Å². The summed E-state index contributed by atoms with van der Waals surface area (Å²) < 4.78 is 53.9. The van der Waals surface area contributed by atoms with Gasteiger partial charge >= 0.3 is 0 Å². The molecule has 9 nitrogen and oxygen atoms in total. The molecule has 0 aromatic heterocycles. The fourth-order valence-electron chi connectivity index (χ4n) is 4.08. The quantitative estimate of drug-likeness (QED) is 0.583. The standard InChI is InChI=1S/C22H28N4O5S2/c27-22(24-13-17-26(18-14-24)33(30,31)21-9-5-2-6-10-21)19-23-11-15-25(16-12-23)32(28,29)20-7-3-1-4-8-20/h1-10H,11-19H2. The Morgan fingerprint density at radius 3 is 1.42 bits per heavy atom. The van der Waals surface area contributed by atoms with Gasteiger partial charge in [-0.1, -0.05) is 36.4 Å². The lowest BCUT2D eigenvalue weighted by Crippen LogP contribution is -2.55. The Hall–Kier alpha value is -2.31. The molecule has 0 radical (unpaired) electrons. The largest absolute Gasteiger partial charge is 0.339 e. The van der Waals surface area contributed by atoms with Crippen molar-refractivity contribution in [3.8, 4) is 0 Å². The van der Waals surface area contributed by atoms with Gasteiger partial charge in [0.25, 0.3) is 0 Å². The van der Waals surface area contributed by atoms with E-state index in [4.69, 9.17) is 0 Å². The molecule has 2 aromatic carbocycles.